The molecular formula is C17H27N3OS. The molecule has 122 valence electrons. The number of hydrogen-bond acceptors (Lipinski definition) is 4. The summed E-state index contributed by atoms with van der Waals surface area (Å²) in [7, 11) is 0. The van der Waals surface area contributed by atoms with Crippen LogP contribution < -0.4 is 10.2 Å². The van der Waals surface area contributed by atoms with E-state index in [-0.39, 0.29) is 5.91 Å². The molecule has 0 unspecified atom stereocenters. The SMILES string of the molecule is O=C(CCC1CCCCC1)NC1CCN(c2nccs2)CC1. The predicted octanol–water partition coefficient (Wildman–Crippen LogP) is 3.59. The zero-order chi connectivity index (χ0) is 15.2. The first-order valence-electron chi connectivity index (χ1n) is 8.75. The monoisotopic (exact) mass is 321 g/mol. The number of carbonyl (C=O) groups excluding carboxylic acids is 1. The lowest BCUT2D eigenvalue weighted by molar-refractivity contribution is -0.122. The summed E-state index contributed by atoms with van der Waals surface area (Å²) in [5.74, 6) is 1.06. The van der Waals surface area contributed by atoms with Crippen LogP contribution in [0.3, 0.4) is 0 Å². The van der Waals surface area contributed by atoms with Crippen molar-refractivity contribution in [2.75, 3.05) is 18.0 Å². The van der Waals surface area contributed by atoms with E-state index in [1.807, 2.05) is 11.6 Å². The van der Waals surface area contributed by atoms with Gasteiger partial charge in [0, 0.05) is 37.1 Å². The third-order valence-electron chi connectivity index (χ3n) is 5.05. The first-order chi connectivity index (χ1) is 10.8. The molecule has 4 nitrogen and oxygen atoms in total. The number of anilines is 1. The zero-order valence-electron chi connectivity index (χ0n) is 13.3. The molecule has 2 heterocycles. The fourth-order valence-corrected chi connectivity index (χ4v) is 4.39. The molecule has 0 atom stereocenters. The smallest absolute Gasteiger partial charge is 0.220 e. The van der Waals surface area contributed by atoms with E-state index in [1.165, 1.54) is 32.1 Å². The maximum absolute atomic E-state index is 12.1. The molecule has 2 aliphatic rings. The summed E-state index contributed by atoms with van der Waals surface area (Å²) in [6.07, 6.45) is 12.5. The van der Waals surface area contributed by atoms with Crippen LogP contribution in [-0.2, 0) is 4.79 Å². The summed E-state index contributed by atoms with van der Waals surface area (Å²) in [6, 6.07) is 0.357. The third-order valence-corrected chi connectivity index (χ3v) is 5.89. The van der Waals surface area contributed by atoms with Gasteiger partial charge in [-0.2, -0.15) is 0 Å². The average Bonchev–Trinajstić information content (AvgIpc) is 3.09. The number of thiazole rings is 1. The summed E-state index contributed by atoms with van der Waals surface area (Å²) in [5, 5.41) is 6.38. The Hall–Kier alpha value is -1.10. The molecular weight excluding hydrogens is 294 g/mol. The standard InChI is InChI=1S/C17H27N3OS/c21-16(7-6-14-4-2-1-3-5-14)19-15-8-11-20(12-9-15)17-18-10-13-22-17/h10,13-15H,1-9,11-12H2,(H,19,21). The van der Waals surface area contributed by atoms with Crippen LogP contribution in [0.2, 0.25) is 0 Å². The first kappa shape index (κ1) is 15.8. The number of amides is 1. The molecule has 5 heteroatoms. The first-order valence-corrected chi connectivity index (χ1v) is 9.63. The van der Waals surface area contributed by atoms with Gasteiger partial charge in [-0.3, -0.25) is 4.79 Å². The van der Waals surface area contributed by atoms with E-state index < -0.39 is 0 Å². The molecule has 0 spiro atoms. The molecule has 0 aromatic carbocycles. The number of rotatable bonds is 5. The molecule has 1 aliphatic heterocycles. The van der Waals surface area contributed by atoms with Gasteiger partial charge in [-0.05, 0) is 25.2 Å². The molecule has 2 fully saturated rings. The highest BCUT2D eigenvalue weighted by Crippen LogP contribution is 2.27. The van der Waals surface area contributed by atoms with Gasteiger partial charge in [-0.15, -0.1) is 11.3 Å². The van der Waals surface area contributed by atoms with Crippen LogP contribution in [-0.4, -0.2) is 30.0 Å². The van der Waals surface area contributed by atoms with Crippen LogP contribution in [0, 0.1) is 5.92 Å². The van der Waals surface area contributed by atoms with Gasteiger partial charge in [0.25, 0.3) is 0 Å². The Labute approximate surface area is 137 Å². The van der Waals surface area contributed by atoms with Gasteiger partial charge in [-0.25, -0.2) is 4.98 Å². The Morgan fingerprint density at radius 3 is 2.68 bits per heavy atom. The Kier molecular flexibility index (Phi) is 5.70. The predicted molar refractivity (Wildman–Crippen MR) is 91.3 cm³/mol. The molecule has 0 radical (unpaired) electrons. The minimum absolute atomic E-state index is 0.262. The van der Waals surface area contributed by atoms with Gasteiger partial charge < -0.3 is 10.2 Å². The van der Waals surface area contributed by atoms with Crippen molar-refractivity contribution in [1.82, 2.24) is 10.3 Å². The summed E-state index contributed by atoms with van der Waals surface area (Å²) in [6.45, 7) is 2.00. The van der Waals surface area contributed by atoms with Crippen molar-refractivity contribution in [3.8, 4) is 0 Å². The van der Waals surface area contributed by atoms with E-state index in [0.29, 0.717) is 6.04 Å². The Bertz CT molecular complexity index is 448. The van der Waals surface area contributed by atoms with Crippen LogP contribution in [0.25, 0.3) is 0 Å². The fraction of sp³-hybridized carbons (Fsp3) is 0.765. The van der Waals surface area contributed by atoms with Gasteiger partial charge >= 0.3 is 0 Å². The second-order valence-corrected chi connectivity index (χ2v) is 7.56. The molecule has 1 aromatic rings. The summed E-state index contributed by atoms with van der Waals surface area (Å²) < 4.78 is 0. The molecule has 1 saturated heterocycles. The largest absolute Gasteiger partial charge is 0.353 e. The number of piperidine rings is 1. The fourth-order valence-electron chi connectivity index (χ4n) is 3.70. The van der Waals surface area contributed by atoms with E-state index in [2.05, 4.69) is 15.2 Å². The number of aromatic nitrogens is 1. The molecule has 1 N–H and O–H groups in total. The topological polar surface area (TPSA) is 45.2 Å². The van der Waals surface area contributed by atoms with Crippen LogP contribution in [0.5, 0.6) is 0 Å². The van der Waals surface area contributed by atoms with E-state index in [9.17, 15) is 4.79 Å². The maximum Gasteiger partial charge on any atom is 0.220 e. The summed E-state index contributed by atoms with van der Waals surface area (Å²) in [4.78, 5) is 18.8. The highest BCUT2D eigenvalue weighted by atomic mass is 32.1. The van der Waals surface area contributed by atoms with Crippen molar-refractivity contribution in [2.24, 2.45) is 5.92 Å². The summed E-state index contributed by atoms with van der Waals surface area (Å²) in [5.41, 5.74) is 0. The molecule has 1 aromatic heterocycles. The molecule has 0 bridgehead atoms. The van der Waals surface area contributed by atoms with Crippen LogP contribution in [0.1, 0.15) is 57.8 Å². The lowest BCUT2D eigenvalue weighted by Gasteiger charge is -2.32. The quantitative estimate of drug-likeness (QED) is 0.901. The Morgan fingerprint density at radius 1 is 1.23 bits per heavy atom. The van der Waals surface area contributed by atoms with Crippen molar-refractivity contribution in [3.63, 3.8) is 0 Å². The van der Waals surface area contributed by atoms with Crippen molar-refractivity contribution in [3.05, 3.63) is 11.6 Å². The highest BCUT2D eigenvalue weighted by molar-refractivity contribution is 7.13. The maximum atomic E-state index is 12.1. The van der Waals surface area contributed by atoms with Crippen molar-refractivity contribution >= 4 is 22.4 Å². The normalized spacial score (nSPS) is 21.0. The lowest BCUT2D eigenvalue weighted by atomic mass is 9.86. The van der Waals surface area contributed by atoms with E-state index >= 15 is 0 Å². The van der Waals surface area contributed by atoms with Crippen LogP contribution in [0.15, 0.2) is 11.6 Å². The molecule has 3 rings (SSSR count). The second kappa shape index (κ2) is 7.95. The minimum atomic E-state index is 0.262. The molecule has 22 heavy (non-hydrogen) atoms. The lowest BCUT2D eigenvalue weighted by Crippen LogP contribution is -2.44. The van der Waals surface area contributed by atoms with E-state index in [1.54, 1.807) is 11.3 Å². The second-order valence-electron chi connectivity index (χ2n) is 6.69. The van der Waals surface area contributed by atoms with Crippen LogP contribution >= 0.6 is 11.3 Å². The molecule has 1 amide bonds. The van der Waals surface area contributed by atoms with Gasteiger partial charge in [0.15, 0.2) is 5.13 Å². The van der Waals surface area contributed by atoms with Crippen molar-refractivity contribution in [1.29, 1.82) is 0 Å². The Morgan fingerprint density at radius 2 is 2.00 bits per heavy atom. The number of hydrogen-bond donors (Lipinski definition) is 1. The van der Waals surface area contributed by atoms with E-state index in [4.69, 9.17) is 0 Å². The molecule has 1 aliphatic carbocycles. The van der Waals surface area contributed by atoms with Crippen LogP contribution in [0.4, 0.5) is 5.13 Å². The molecule has 1 saturated carbocycles. The Balaban J connectivity index is 1.34. The number of nitrogens with one attached hydrogen (secondary N) is 1. The third kappa shape index (κ3) is 4.45. The highest BCUT2D eigenvalue weighted by Gasteiger charge is 2.22. The number of nitrogens with zero attached hydrogens (tertiary/aromatic N) is 2. The summed E-state index contributed by atoms with van der Waals surface area (Å²) >= 11 is 1.70. The zero-order valence-corrected chi connectivity index (χ0v) is 14.1. The minimum Gasteiger partial charge on any atom is -0.353 e. The number of carbonyl (C=O) groups is 1. The average molecular weight is 321 g/mol. The van der Waals surface area contributed by atoms with Gasteiger partial charge in [0.2, 0.25) is 5.91 Å². The van der Waals surface area contributed by atoms with Gasteiger partial charge in [0.1, 0.15) is 0 Å². The van der Waals surface area contributed by atoms with Gasteiger partial charge in [0.05, 0.1) is 0 Å². The van der Waals surface area contributed by atoms with Crippen molar-refractivity contribution in [2.45, 2.75) is 63.8 Å². The van der Waals surface area contributed by atoms with Gasteiger partial charge in [-0.1, -0.05) is 32.1 Å². The van der Waals surface area contributed by atoms with Crippen molar-refractivity contribution < 1.29 is 4.79 Å². The van der Waals surface area contributed by atoms with E-state index in [0.717, 1.165) is 49.8 Å².